The highest BCUT2D eigenvalue weighted by Gasteiger charge is 2.17. The summed E-state index contributed by atoms with van der Waals surface area (Å²) in [6.45, 7) is 0. The zero-order valence-electron chi connectivity index (χ0n) is 14.4. The molecule has 8 heteroatoms. The smallest absolute Gasteiger partial charge is 0.301 e. The average Bonchev–Trinajstić information content (AvgIpc) is 2.60. The number of nitrogens with zero attached hydrogens (tertiary/aromatic N) is 1. The molecule has 0 bridgehead atoms. The quantitative estimate of drug-likeness (QED) is 0.761. The van der Waals surface area contributed by atoms with Gasteiger partial charge in [0.25, 0.3) is 0 Å². The zero-order chi connectivity index (χ0) is 18.6. The van der Waals surface area contributed by atoms with Gasteiger partial charge in [-0.2, -0.15) is 12.7 Å². The Kier molecular flexibility index (Phi) is 5.66. The summed E-state index contributed by atoms with van der Waals surface area (Å²) >= 11 is 0. The molecule has 2 aromatic rings. The van der Waals surface area contributed by atoms with Gasteiger partial charge in [0.1, 0.15) is 11.5 Å². The Morgan fingerprint density at radius 3 is 2.36 bits per heavy atom. The first-order chi connectivity index (χ1) is 11.8. The van der Waals surface area contributed by atoms with E-state index < -0.39 is 10.2 Å². The van der Waals surface area contributed by atoms with Crippen LogP contribution in [0.5, 0.6) is 11.5 Å². The molecule has 0 saturated carbocycles. The minimum absolute atomic E-state index is 0.287. The molecule has 7 nitrogen and oxygen atoms in total. The van der Waals surface area contributed by atoms with Gasteiger partial charge >= 0.3 is 10.2 Å². The highest BCUT2D eigenvalue weighted by molar-refractivity contribution is 7.90. The predicted octanol–water partition coefficient (Wildman–Crippen LogP) is 2.15. The van der Waals surface area contributed by atoms with Gasteiger partial charge in [0, 0.05) is 25.7 Å². The number of anilines is 1. The summed E-state index contributed by atoms with van der Waals surface area (Å²) in [5.41, 5.74) is 0.991. The van der Waals surface area contributed by atoms with Crippen LogP contribution < -0.4 is 14.2 Å². The Balaban J connectivity index is 2.37. The number of rotatable bonds is 7. The maximum Gasteiger partial charge on any atom is 0.301 e. The van der Waals surface area contributed by atoms with Crippen LogP contribution in [0.1, 0.15) is 15.9 Å². The number of benzene rings is 2. The van der Waals surface area contributed by atoms with Crippen molar-refractivity contribution < 1.29 is 22.7 Å². The summed E-state index contributed by atoms with van der Waals surface area (Å²) in [5.74, 6) is 0.662. The molecule has 0 spiro atoms. The van der Waals surface area contributed by atoms with Crippen LogP contribution in [-0.4, -0.2) is 46.8 Å². The van der Waals surface area contributed by atoms with Crippen molar-refractivity contribution >= 4 is 21.7 Å². The van der Waals surface area contributed by atoms with E-state index >= 15 is 0 Å². The molecule has 0 unspecified atom stereocenters. The molecule has 0 heterocycles. The minimum Gasteiger partial charge on any atom is -0.497 e. The lowest BCUT2D eigenvalue weighted by Crippen LogP contribution is -2.29. The standard InChI is InChI=1S/C17H20N2O5S/c1-19(2)25(21,22)18-13-7-5-6-12(10-13)17(20)15-9-8-14(23-3)11-16(15)24-4/h5-11,18H,1-4H3. The van der Waals surface area contributed by atoms with Gasteiger partial charge < -0.3 is 9.47 Å². The number of methoxy groups -OCH3 is 2. The van der Waals surface area contributed by atoms with Gasteiger partial charge in [-0.1, -0.05) is 12.1 Å². The predicted molar refractivity (Wildman–Crippen MR) is 95.7 cm³/mol. The largest absolute Gasteiger partial charge is 0.497 e. The topological polar surface area (TPSA) is 84.9 Å². The van der Waals surface area contributed by atoms with Crippen LogP contribution in [0.15, 0.2) is 42.5 Å². The number of carbonyl (C=O) groups is 1. The third-order valence-electron chi connectivity index (χ3n) is 3.51. The second-order valence-electron chi connectivity index (χ2n) is 5.37. The number of ether oxygens (including phenoxy) is 2. The highest BCUT2D eigenvalue weighted by atomic mass is 32.2. The molecule has 0 saturated heterocycles. The molecule has 0 atom stereocenters. The van der Waals surface area contributed by atoms with Crippen LogP contribution >= 0.6 is 0 Å². The molecule has 2 aromatic carbocycles. The van der Waals surface area contributed by atoms with Gasteiger partial charge in [-0.25, -0.2) is 0 Å². The van der Waals surface area contributed by atoms with Crippen molar-refractivity contribution in [3.05, 3.63) is 53.6 Å². The van der Waals surface area contributed by atoms with Crippen LogP contribution in [0.25, 0.3) is 0 Å². The van der Waals surface area contributed by atoms with E-state index in [1.807, 2.05) is 0 Å². The lowest BCUT2D eigenvalue weighted by molar-refractivity contribution is 0.103. The molecule has 0 aromatic heterocycles. The van der Waals surface area contributed by atoms with Crippen molar-refractivity contribution in [3.63, 3.8) is 0 Å². The Morgan fingerprint density at radius 1 is 1.04 bits per heavy atom. The molecule has 134 valence electrons. The molecule has 25 heavy (non-hydrogen) atoms. The normalized spacial score (nSPS) is 11.2. The zero-order valence-corrected chi connectivity index (χ0v) is 15.3. The average molecular weight is 364 g/mol. The van der Waals surface area contributed by atoms with Gasteiger partial charge in [0.2, 0.25) is 0 Å². The van der Waals surface area contributed by atoms with Crippen LogP contribution in [0.3, 0.4) is 0 Å². The highest BCUT2D eigenvalue weighted by Crippen LogP contribution is 2.27. The van der Waals surface area contributed by atoms with Gasteiger partial charge in [-0.3, -0.25) is 9.52 Å². The molecule has 0 aliphatic rings. The van der Waals surface area contributed by atoms with Crippen LogP contribution in [-0.2, 0) is 10.2 Å². The maximum absolute atomic E-state index is 12.8. The Morgan fingerprint density at radius 2 is 1.76 bits per heavy atom. The monoisotopic (exact) mass is 364 g/mol. The molecule has 0 aliphatic heterocycles. The molecular formula is C17H20N2O5S. The Bertz CT molecular complexity index is 878. The van der Waals surface area contributed by atoms with Gasteiger partial charge in [-0.15, -0.1) is 0 Å². The van der Waals surface area contributed by atoms with Crippen molar-refractivity contribution in [2.75, 3.05) is 33.0 Å². The number of nitrogens with one attached hydrogen (secondary N) is 1. The van der Waals surface area contributed by atoms with Crippen molar-refractivity contribution in [1.29, 1.82) is 0 Å². The van der Waals surface area contributed by atoms with Crippen molar-refractivity contribution in [3.8, 4) is 11.5 Å². The fraction of sp³-hybridized carbons (Fsp3) is 0.235. The van der Waals surface area contributed by atoms with Crippen LogP contribution in [0, 0.1) is 0 Å². The fourth-order valence-electron chi connectivity index (χ4n) is 2.11. The minimum atomic E-state index is -3.65. The van der Waals surface area contributed by atoms with E-state index in [2.05, 4.69) is 4.72 Å². The van der Waals surface area contributed by atoms with E-state index in [4.69, 9.17) is 9.47 Å². The summed E-state index contributed by atoms with van der Waals surface area (Å²) in [5, 5.41) is 0. The molecule has 0 radical (unpaired) electrons. The summed E-state index contributed by atoms with van der Waals surface area (Å²) < 4.78 is 37.7. The van der Waals surface area contributed by atoms with E-state index in [9.17, 15) is 13.2 Å². The molecular weight excluding hydrogens is 344 g/mol. The van der Waals surface area contributed by atoms with Crippen molar-refractivity contribution in [2.24, 2.45) is 0 Å². The van der Waals surface area contributed by atoms with Crippen LogP contribution in [0.2, 0.25) is 0 Å². The molecule has 0 fully saturated rings. The van der Waals surface area contributed by atoms with Gasteiger partial charge in [-0.05, 0) is 24.3 Å². The summed E-state index contributed by atoms with van der Waals surface area (Å²) in [7, 11) is 2.17. The summed E-state index contributed by atoms with van der Waals surface area (Å²) in [4.78, 5) is 12.8. The second kappa shape index (κ2) is 7.54. The fourth-order valence-corrected chi connectivity index (χ4v) is 2.71. The summed E-state index contributed by atoms with van der Waals surface area (Å²) in [6.07, 6.45) is 0. The number of ketones is 1. The third-order valence-corrected chi connectivity index (χ3v) is 4.96. The first-order valence-corrected chi connectivity index (χ1v) is 8.79. The van der Waals surface area contributed by atoms with E-state index in [1.165, 1.54) is 34.4 Å². The van der Waals surface area contributed by atoms with Crippen molar-refractivity contribution in [1.82, 2.24) is 4.31 Å². The number of hydrogen-bond donors (Lipinski definition) is 1. The lowest BCUT2D eigenvalue weighted by Gasteiger charge is -2.14. The maximum atomic E-state index is 12.8. The molecule has 1 N–H and O–H groups in total. The summed E-state index contributed by atoms with van der Waals surface area (Å²) in [6, 6.07) is 11.2. The Hall–Kier alpha value is -2.58. The Labute approximate surface area is 147 Å². The first kappa shape index (κ1) is 18.8. The lowest BCUT2D eigenvalue weighted by atomic mass is 10.0. The van der Waals surface area contributed by atoms with E-state index in [0.29, 0.717) is 28.3 Å². The third kappa shape index (κ3) is 4.28. The van der Waals surface area contributed by atoms with E-state index in [-0.39, 0.29) is 5.78 Å². The molecule has 2 rings (SSSR count). The first-order valence-electron chi connectivity index (χ1n) is 7.35. The second-order valence-corrected chi connectivity index (χ2v) is 7.25. The van der Waals surface area contributed by atoms with Gasteiger partial charge in [0.15, 0.2) is 5.78 Å². The van der Waals surface area contributed by atoms with E-state index in [0.717, 1.165) is 4.31 Å². The number of carbonyl (C=O) groups excluding carboxylic acids is 1. The SMILES string of the molecule is COc1ccc(C(=O)c2cccc(NS(=O)(=O)N(C)C)c2)c(OC)c1. The molecule has 0 aliphatic carbocycles. The van der Waals surface area contributed by atoms with Crippen molar-refractivity contribution in [2.45, 2.75) is 0 Å². The van der Waals surface area contributed by atoms with Crippen LogP contribution in [0.4, 0.5) is 5.69 Å². The number of hydrogen-bond acceptors (Lipinski definition) is 5. The van der Waals surface area contributed by atoms with E-state index in [1.54, 1.807) is 36.4 Å². The molecule has 0 amide bonds. The van der Waals surface area contributed by atoms with Gasteiger partial charge in [0.05, 0.1) is 25.5 Å².